The summed E-state index contributed by atoms with van der Waals surface area (Å²) in [4.78, 5) is 28.7. The van der Waals surface area contributed by atoms with Crippen LogP contribution in [0.4, 0.5) is 0 Å². The lowest BCUT2D eigenvalue weighted by Gasteiger charge is -2.32. The minimum atomic E-state index is -0.386. The first-order valence-electron chi connectivity index (χ1n) is 8.48. The molecule has 1 aliphatic heterocycles. The van der Waals surface area contributed by atoms with Crippen molar-refractivity contribution in [3.05, 3.63) is 38.4 Å². The van der Waals surface area contributed by atoms with Gasteiger partial charge >= 0.3 is 5.69 Å². The number of ether oxygens (including phenoxy) is 2. The molecule has 11 nitrogen and oxygen atoms in total. The summed E-state index contributed by atoms with van der Waals surface area (Å²) in [5.41, 5.74) is -0.117. The van der Waals surface area contributed by atoms with Crippen LogP contribution in [0.15, 0.2) is 15.7 Å². The van der Waals surface area contributed by atoms with Crippen molar-refractivity contribution < 1.29 is 9.47 Å². The van der Waals surface area contributed by atoms with E-state index in [2.05, 4.69) is 25.4 Å². The lowest BCUT2D eigenvalue weighted by molar-refractivity contribution is -0.0378. The topological polar surface area (TPSA) is 120 Å². The number of aromatic amines is 1. The van der Waals surface area contributed by atoms with Crippen LogP contribution in [0.25, 0.3) is 0 Å². The van der Waals surface area contributed by atoms with Gasteiger partial charge in [0.1, 0.15) is 6.10 Å². The Morgan fingerprint density at radius 2 is 2.19 bits per heavy atom. The van der Waals surface area contributed by atoms with E-state index in [1.165, 1.54) is 10.6 Å². The van der Waals surface area contributed by atoms with Gasteiger partial charge in [0.2, 0.25) is 0 Å². The minimum absolute atomic E-state index is 0.261. The zero-order valence-electron chi connectivity index (χ0n) is 14.9. The van der Waals surface area contributed by atoms with Gasteiger partial charge in [-0.1, -0.05) is 0 Å². The minimum Gasteiger partial charge on any atom is -0.383 e. The molecule has 11 heteroatoms. The van der Waals surface area contributed by atoms with Gasteiger partial charge in [0.15, 0.2) is 5.82 Å². The third-order valence-corrected chi connectivity index (χ3v) is 4.30. The van der Waals surface area contributed by atoms with Crippen LogP contribution in [-0.4, -0.2) is 74.6 Å². The fourth-order valence-electron chi connectivity index (χ4n) is 2.93. The van der Waals surface area contributed by atoms with E-state index in [4.69, 9.17) is 9.47 Å². The van der Waals surface area contributed by atoms with Crippen LogP contribution in [0, 0.1) is 6.92 Å². The molecule has 1 atom stereocenters. The molecule has 0 spiro atoms. The number of hydrogen-bond acceptors (Lipinski definition) is 8. The second kappa shape index (κ2) is 8.34. The number of hydrogen-bond donors (Lipinski definition) is 1. The van der Waals surface area contributed by atoms with E-state index in [1.54, 1.807) is 18.7 Å². The highest BCUT2D eigenvalue weighted by atomic mass is 16.5. The summed E-state index contributed by atoms with van der Waals surface area (Å²) in [6.45, 7) is 5.46. The summed E-state index contributed by atoms with van der Waals surface area (Å²) in [6, 6.07) is 1.42. The van der Waals surface area contributed by atoms with Gasteiger partial charge in [-0.3, -0.25) is 14.3 Å². The Kier molecular flexibility index (Phi) is 5.91. The van der Waals surface area contributed by atoms with Gasteiger partial charge in [-0.05, 0) is 17.4 Å². The average Bonchev–Trinajstić information content (AvgIpc) is 3.08. The fourth-order valence-corrected chi connectivity index (χ4v) is 2.93. The fraction of sp³-hybridized carbons (Fsp3) is 0.667. The van der Waals surface area contributed by atoms with Crippen LogP contribution in [0.3, 0.4) is 0 Å². The maximum Gasteiger partial charge on any atom is 0.328 e. The number of rotatable bonds is 7. The molecule has 1 fully saturated rings. The van der Waals surface area contributed by atoms with E-state index in [9.17, 15) is 9.59 Å². The monoisotopic (exact) mass is 365 g/mol. The number of methoxy groups -OCH3 is 1. The number of nitrogens with one attached hydrogen (secondary N) is 1. The second-order valence-corrected chi connectivity index (χ2v) is 6.16. The van der Waals surface area contributed by atoms with Crippen LogP contribution in [-0.2, 0) is 22.6 Å². The molecule has 0 radical (unpaired) electrons. The molecule has 2 aromatic heterocycles. The molecule has 3 heterocycles. The second-order valence-electron chi connectivity index (χ2n) is 6.16. The SMILES string of the molecule is COCCn1nnnc1[C@H]1CN(CCn2c(=O)cc(C)[nH]c2=O)CCO1. The first-order valence-corrected chi connectivity index (χ1v) is 8.48. The van der Waals surface area contributed by atoms with Gasteiger partial charge in [-0.15, -0.1) is 5.10 Å². The molecule has 3 rings (SSSR count). The summed E-state index contributed by atoms with van der Waals surface area (Å²) >= 11 is 0. The summed E-state index contributed by atoms with van der Waals surface area (Å²) < 4.78 is 13.8. The molecule has 0 aliphatic carbocycles. The lowest BCUT2D eigenvalue weighted by atomic mass is 10.2. The van der Waals surface area contributed by atoms with Gasteiger partial charge in [0.25, 0.3) is 5.56 Å². The van der Waals surface area contributed by atoms with Crippen molar-refractivity contribution in [2.75, 3.05) is 40.0 Å². The maximum atomic E-state index is 12.0. The molecule has 2 aromatic rings. The predicted molar refractivity (Wildman–Crippen MR) is 90.9 cm³/mol. The van der Waals surface area contributed by atoms with Crippen molar-refractivity contribution in [2.24, 2.45) is 0 Å². The predicted octanol–water partition coefficient (Wildman–Crippen LogP) is -1.45. The lowest BCUT2D eigenvalue weighted by Crippen LogP contribution is -2.44. The molecular weight excluding hydrogens is 342 g/mol. The van der Waals surface area contributed by atoms with Gasteiger partial charge in [-0.2, -0.15) is 0 Å². The van der Waals surface area contributed by atoms with Crippen molar-refractivity contribution in [3.8, 4) is 0 Å². The zero-order valence-corrected chi connectivity index (χ0v) is 14.9. The van der Waals surface area contributed by atoms with E-state index < -0.39 is 0 Å². The molecule has 0 unspecified atom stereocenters. The largest absolute Gasteiger partial charge is 0.383 e. The summed E-state index contributed by atoms with van der Waals surface area (Å²) in [5.74, 6) is 0.650. The third-order valence-electron chi connectivity index (χ3n) is 4.30. The van der Waals surface area contributed by atoms with Crippen LogP contribution >= 0.6 is 0 Å². The number of aryl methyl sites for hydroxylation is 1. The number of tetrazole rings is 1. The number of nitrogens with zero attached hydrogens (tertiary/aromatic N) is 6. The van der Waals surface area contributed by atoms with Crippen LogP contribution in [0.5, 0.6) is 0 Å². The van der Waals surface area contributed by atoms with Crippen LogP contribution in [0.1, 0.15) is 17.6 Å². The first-order chi connectivity index (χ1) is 12.6. The highest BCUT2D eigenvalue weighted by Gasteiger charge is 2.26. The highest BCUT2D eigenvalue weighted by molar-refractivity contribution is 4.96. The Bertz CT molecular complexity index is 812. The molecule has 142 valence electrons. The Morgan fingerprint density at radius 1 is 1.35 bits per heavy atom. The van der Waals surface area contributed by atoms with Gasteiger partial charge < -0.3 is 14.5 Å². The van der Waals surface area contributed by atoms with Gasteiger partial charge in [0.05, 0.1) is 19.8 Å². The van der Waals surface area contributed by atoms with Gasteiger partial charge in [0, 0.05) is 45.0 Å². The van der Waals surface area contributed by atoms with Crippen molar-refractivity contribution in [1.82, 2.24) is 34.7 Å². The van der Waals surface area contributed by atoms with Crippen molar-refractivity contribution >= 4 is 0 Å². The molecule has 0 saturated carbocycles. The molecule has 1 N–H and O–H groups in total. The molecule has 0 aromatic carbocycles. The Labute approximate surface area is 149 Å². The molecule has 0 amide bonds. The Morgan fingerprint density at radius 3 is 2.96 bits per heavy atom. The molecule has 0 bridgehead atoms. The summed E-state index contributed by atoms with van der Waals surface area (Å²) in [7, 11) is 1.62. The van der Waals surface area contributed by atoms with Crippen molar-refractivity contribution in [2.45, 2.75) is 26.1 Å². The smallest absolute Gasteiger partial charge is 0.328 e. The number of H-pyrrole nitrogens is 1. The number of aromatic nitrogens is 6. The van der Waals surface area contributed by atoms with Crippen molar-refractivity contribution in [1.29, 1.82) is 0 Å². The summed E-state index contributed by atoms with van der Waals surface area (Å²) in [5, 5.41) is 11.8. The Balaban J connectivity index is 1.64. The van der Waals surface area contributed by atoms with Gasteiger partial charge in [-0.25, -0.2) is 9.48 Å². The molecule has 1 aliphatic rings. The average molecular weight is 365 g/mol. The summed E-state index contributed by atoms with van der Waals surface area (Å²) in [6.07, 6.45) is -0.261. The molecular formula is C15H23N7O4. The quantitative estimate of drug-likeness (QED) is 0.633. The Hall–Kier alpha value is -2.37. The highest BCUT2D eigenvalue weighted by Crippen LogP contribution is 2.19. The number of morpholine rings is 1. The van der Waals surface area contributed by atoms with E-state index in [-0.39, 0.29) is 17.4 Å². The molecule has 1 saturated heterocycles. The molecule has 26 heavy (non-hydrogen) atoms. The normalized spacial score (nSPS) is 18.3. The maximum absolute atomic E-state index is 12.0. The van der Waals surface area contributed by atoms with Crippen molar-refractivity contribution in [3.63, 3.8) is 0 Å². The van der Waals surface area contributed by atoms with Crippen LogP contribution < -0.4 is 11.2 Å². The zero-order chi connectivity index (χ0) is 18.5. The standard InChI is InChI=1S/C15H23N7O4/c1-11-9-13(23)21(15(24)16-11)4-3-20-5-8-26-12(10-20)14-17-18-19-22(14)6-7-25-2/h9,12H,3-8,10H2,1-2H3,(H,16,24)/t12-/m1/s1. The van der Waals surface area contributed by atoms with E-state index in [0.717, 1.165) is 0 Å². The third kappa shape index (κ3) is 4.23. The van der Waals surface area contributed by atoms with E-state index in [1.807, 2.05) is 0 Å². The van der Waals surface area contributed by atoms with Crippen LogP contribution in [0.2, 0.25) is 0 Å². The van der Waals surface area contributed by atoms with E-state index >= 15 is 0 Å². The van der Waals surface area contributed by atoms with E-state index in [0.29, 0.717) is 57.5 Å². The first kappa shape index (κ1) is 18.4.